The molecule has 1 aliphatic heterocycles. The molecule has 2 rings (SSSR count). The van der Waals surface area contributed by atoms with Crippen molar-refractivity contribution in [2.75, 3.05) is 38.3 Å². The smallest absolute Gasteiger partial charge is 0.297 e. The van der Waals surface area contributed by atoms with Gasteiger partial charge in [0.15, 0.2) is 5.69 Å². The molecule has 0 spiro atoms. The molecule has 1 fully saturated rings. The number of benzene rings is 1. The Kier molecular flexibility index (Phi) is 4.04. The van der Waals surface area contributed by atoms with Gasteiger partial charge in [0.05, 0.1) is 25.2 Å². The molecule has 108 valence electrons. The summed E-state index contributed by atoms with van der Waals surface area (Å²) in [5.74, 6) is -0.477. The molecule has 0 bridgehead atoms. The molecule has 1 aromatic carbocycles. The lowest BCUT2D eigenvalue weighted by Gasteiger charge is -2.29. The third-order valence-electron chi connectivity index (χ3n) is 3.08. The largest absolute Gasteiger partial charge is 0.494 e. The fraction of sp³-hybridized carbons (Fsp3) is 0.417. The van der Waals surface area contributed by atoms with Crippen molar-refractivity contribution in [2.24, 2.45) is 5.73 Å². The number of primary amides is 1. The van der Waals surface area contributed by atoms with Crippen LogP contribution in [-0.4, -0.2) is 44.2 Å². The number of carbonyl (C=O) groups excluding carboxylic acids is 1. The molecule has 1 amide bonds. The maximum atomic E-state index is 11.2. The number of hydrogen-bond acceptors (Lipinski definition) is 6. The van der Waals surface area contributed by atoms with Gasteiger partial charge in [-0.1, -0.05) is 0 Å². The van der Waals surface area contributed by atoms with Crippen molar-refractivity contribution in [1.82, 2.24) is 0 Å². The van der Waals surface area contributed by atoms with Crippen LogP contribution in [0.1, 0.15) is 10.4 Å². The van der Waals surface area contributed by atoms with E-state index in [4.69, 9.17) is 15.2 Å². The molecule has 2 N–H and O–H groups in total. The first-order valence-electron chi connectivity index (χ1n) is 6.03. The van der Waals surface area contributed by atoms with Crippen LogP contribution in [0.15, 0.2) is 12.1 Å². The number of nitro groups is 1. The van der Waals surface area contributed by atoms with Gasteiger partial charge in [-0.05, 0) is 6.07 Å². The maximum absolute atomic E-state index is 11.2. The summed E-state index contributed by atoms with van der Waals surface area (Å²) in [6.45, 7) is 2.01. The second-order valence-corrected chi connectivity index (χ2v) is 4.27. The van der Waals surface area contributed by atoms with Crippen LogP contribution < -0.4 is 15.4 Å². The monoisotopic (exact) mass is 281 g/mol. The van der Waals surface area contributed by atoms with E-state index < -0.39 is 10.8 Å². The van der Waals surface area contributed by atoms with Crippen LogP contribution in [0, 0.1) is 10.1 Å². The Hall–Kier alpha value is -2.35. The molecule has 0 saturated carbocycles. The molecule has 0 atom stereocenters. The Morgan fingerprint density at radius 3 is 2.60 bits per heavy atom. The summed E-state index contributed by atoms with van der Waals surface area (Å²) in [5, 5.41) is 11.2. The van der Waals surface area contributed by atoms with Gasteiger partial charge in [-0.2, -0.15) is 0 Å². The average Bonchev–Trinajstić information content (AvgIpc) is 2.46. The number of methoxy groups -OCH3 is 1. The van der Waals surface area contributed by atoms with Crippen LogP contribution >= 0.6 is 0 Å². The Bertz CT molecular complexity index is 540. The molecule has 0 unspecified atom stereocenters. The minimum atomic E-state index is -0.736. The number of nitro benzene ring substituents is 1. The zero-order valence-electron chi connectivity index (χ0n) is 11.0. The summed E-state index contributed by atoms with van der Waals surface area (Å²) >= 11 is 0. The molecule has 8 heteroatoms. The number of ether oxygens (including phenoxy) is 2. The van der Waals surface area contributed by atoms with Crippen molar-refractivity contribution in [1.29, 1.82) is 0 Å². The van der Waals surface area contributed by atoms with Gasteiger partial charge in [0, 0.05) is 24.7 Å². The minimum Gasteiger partial charge on any atom is -0.494 e. The van der Waals surface area contributed by atoms with E-state index in [1.54, 1.807) is 0 Å². The second-order valence-electron chi connectivity index (χ2n) is 4.27. The van der Waals surface area contributed by atoms with Gasteiger partial charge in [0.2, 0.25) is 5.91 Å². The maximum Gasteiger partial charge on any atom is 0.297 e. The van der Waals surface area contributed by atoms with E-state index in [1.807, 2.05) is 4.90 Å². The van der Waals surface area contributed by atoms with Gasteiger partial charge in [-0.3, -0.25) is 14.9 Å². The molecule has 8 nitrogen and oxygen atoms in total. The Labute approximate surface area is 115 Å². The third kappa shape index (κ3) is 2.64. The zero-order valence-corrected chi connectivity index (χ0v) is 11.0. The van der Waals surface area contributed by atoms with Gasteiger partial charge < -0.3 is 20.1 Å². The lowest BCUT2D eigenvalue weighted by atomic mass is 10.1. The van der Waals surface area contributed by atoms with Crippen LogP contribution in [0.4, 0.5) is 11.4 Å². The topological polar surface area (TPSA) is 108 Å². The molecule has 1 heterocycles. The summed E-state index contributed by atoms with van der Waals surface area (Å²) in [7, 11) is 1.40. The Balaban J connectivity index is 2.56. The van der Waals surface area contributed by atoms with E-state index in [-0.39, 0.29) is 17.0 Å². The van der Waals surface area contributed by atoms with Crippen molar-refractivity contribution >= 4 is 17.3 Å². The Morgan fingerprint density at radius 1 is 1.45 bits per heavy atom. The van der Waals surface area contributed by atoms with Crippen LogP contribution in [0.5, 0.6) is 5.75 Å². The number of hydrogen-bond donors (Lipinski definition) is 1. The molecule has 0 aromatic heterocycles. The number of rotatable bonds is 4. The fourth-order valence-electron chi connectivity index (χ4n) is 2.13. The first-order valence-corrected chi connectivity index (χ1v) is 6.03. The van der Waals surface area contributed by atoms with Gasteiger partial charge >= 0.3 is 0 Å². The van der Waals surface area contributed by atoms with Crippen LogP contribution in [0.25, 0.3) is 0 Å². The third-order valence-corrected chi connectivity index (χ3v) is 3.08. The predicted octanol–water partition coefficient (Wildman–Crippen LogP) is 0.539. The summed E-state index contributed by atoms with van der Waals surface area (Å²) in [6.07, 6.45) is 0. The van der Waals surface area contributed by atoms with E-state index in [1.165, 1.54) is 19.2 Å². The van der Waals surface area contributed by atoms with Crippen LogP contribution in [0.3, 0.4) is 0 Å². The average molecular weight is 281 g/mol. The van der Waals surface area contributed by atoms with Crippen molar-refractivity contribution in [2.45, 2.75) is 0 Å². The standard InChI is InChI=1S/C12H15N3O5/c1-19-10-7-8(12(13)16)6-9(15(17)18)11(10)14-2-4-20-5-3-14/h6-7H,2-5H2,1H3,(H2,13,16). The first kappa shape index (κ1) is 14.1. The van der Waals surface area contributed by atoms with Crippen LogP contribution in [-0.2, 0) is 4.74 Å². The minimum absolute atomic E-state index is 0.0468. The highest BCUT2D eigenvalue weighted by Crippen LogP contribution is 2.39. The number of amides is 1. The predicted molar refractivity (Wildman–Crippen MR) is 71.2 cm³/mol. The molecule has 1 aromatic rings. The van der Waals surface area contributed by atoms with E-state index in [9.17, 15) is 14.9 Å². The summed E-state index contributed by atoms with van der Waals surface area (Å²) < 4.78 is 10.4. The highest BCUT2D eigenvalue weighted by molar-refractivity contribution is 5.95. The summed E-state index contributed by atoms with van der Waals surface area (Å²) in [6, 6.07) is 2.59. The van der Waals surface area contributed by atoms with Gasteiger partial charge in [0.25, 0.3) is 5.69 Å². The highest BCUT2D eigenvalue weighted by Gasteiger charge is 2.27. The number of carbonyl (C=O) groups is 1. The molecule has 20 heavy (non-hydrogen) atoms. The lowest BCUT2D eigenvalue weighted by molar-refractivity contribution is -0.384. The summed E-state index contributed by atoms with van der Waals surface area (Å²) in [4.78, 5) is 23.8. The number of nitrogens with two attached hydrogens (primary N) is 1. The number of anilines is 1. The molecule has 1 aliphatic rings. The van der Waals surface area contributed by atoms with E-state index >= 15 is 0 Å². The van der Waals surface area contributed by atoms with Crippen molar-refractivity contribution in [3.63, 3.8) is 0 Å². The Morgan fingerprint density at radius 2 is 2.10 bits per heavy atom. The highest BCUT2D eigenvalue weighted by atomic mass is 16.6. The second kappa shape index (κ2) is 5.74. The van der Waals surface area contributed by atoms with Gasteiger partial charge in [-0.15, -0.1) is 0 Å². The molecular formula is C12H15N3O5. The van der Waals surface area contributed by atoms with Crippen molar-refractivity contribution in [3.05, 3.63) is 27.8 Å². The van der Waals surface area contributed by atoms with Gasteiger partial charge in [-0.25, -0.2) is 0 Å². The summed E-state index contributed by atoms with van der Waals surface area (Å²) in [5.41, 5.74) is 5.39. The molecular weight excluding hydrogens is 266 g/mol. The molecule has 0 aliphatic carbocycles. The fourth-order valence-corrected chi connectivity index (χ4v) is 2.13. The van der Waals surface area contributed by atoms with E-state index in [2.05, 4.69) is 0 Å². The van der Waals surface area contributed by atoms with E-state index in [0.717, 1.165) is 0 Å². The lowest BCUT2D eigenvalue weighted by Crippen LogP contribution is -2.37. The number of nitrogens with zero attached hydrogens (tertiary/aromatic N) is 2. The van der Waals surface area contributed by atoms with Crippen molar-refractivity contribution in [3.8, 4) is 5.75 Å². The SMILES string of the molecule is COc1cc(C(N)=O)cc([N+](=O)[O-])c1N1CCOCC1. The van der Waals surface area contributed by atoms with E-state index in [0.29, 0.717) is 32.0 Å². The first-order chi connectivity index (χ1) is 9.54. The van der Waals surface area contributed by atoms with Crippen molar-refractivity contribution < 1.29 is 19.2 Å². The number of morpholine rings is 1. The molecule has 1 saturated heterocycles. The quantitative estimate of drug-likeness (QED) is 0.637. The zero-order chi connectivity index (χ0) is 14.7. The van der Waals surface area contributed by atoms with Crippen LogP contribution in [0.2, 0.25) is 0 Å². The normalized spacial score (nSPS) is 14.9. The molecule has 0 radical (unpaired) electrons. The van der Waals surface area contributed by atoms with Gasteiger partial charge in [0.1, 0.15) is 5.75 Å².